The second kappa shape index (κ2) is 7.47. The summed E-state index contributed by atoms with van der Waals surface area (Å²) < 4.78 is 41.8. The second-order valence-electron chi connectivity index (χ2n) is 7.11. The number of piperidine rings is 1. The summed E-state index contributed by atoms with van der Waals surface area (Å²) >= 11 is 0. The van der Waals surface area contributed by atoms with Crippen molar-refractivity contribution in [3.8, 4) is 11.4 Å². The van der Waals surface area contributed by atoms with E-state index in [2.05, 4.69) is 14.7 Å². The number of aromatic nitrogens is 2. The Morgan fingerprint density at radius 3 is 2.44 bits per heavy atom. The van der Waals surface area contributed by atoms with Crippen LogP contribution in [-0.4, -0.2) is 40.1 Å². The number of rotatable bonds is 2. The predicted molar refractivity (Wildman–Crippen MR) is 94.3 cm³/mol. The number of amides is 1. The summed E-state index contributed by atoms with van der Waals surface area (Å²) in [6, 6.07) is 6.12. The zero-order valence-electron chi connectivity index (χ0n) is 14.8. The molecule has 1 unspecified atom stereocenters. The summed E-state index contributed by atoms with van der Waals surface area (Å²) in [6.45, 7) is 5.17. The summed E-state index contributed by atoms with van der Waals surface area (Å²) in [5.41, 5.74) is 6.69. The highest BCUT2D eigenvalue weighted by Gasteiger charge is 2.38. The van der Waals surface area contributed by atoms with Crippen molar-refractivity contribution in [2.24, 2.45) is 11.1 Å². The van der Waals surface area contributed by atoms with Crippen LogP contribution in [0.5, 0.6) is 0 Å². The Balaban J connectivity index is 0.00000261. The lowest BCUT2D eigenvalue weighted by atomic mass is 9.79. The van der Waals surface area contributed by atoms with Crippen LogP contribution in [0.2, 0.25) is 0 Å². The number of hydrogen-bond acceptors (Lipinski definition) is 5. The molecule has 2 aromatic rings. The molecule has 1 aromatic carbocycles. The summed E-state index contributed by atoms with van der Waals surface area (Å²) in [6.07, 6.45) is -3.97. The van der Waals surface area contributed by atoms with Gasteiger partial charge in [0.2, 0.25) is 5.82 Å². The minimum absolute atomic E-state index is 0. The summed E-state index contributed by atoms with van der Waals surface area (Å²) in [4.78, 5) is 17.7. The molecule has 1 atom stereocenters. The third-order valence-electron chi connectivity index (χ3n) is 4.66. The Bertz CT molecular complexity index is 805. The summed E-state index contributed by atoms with van der Waals surface area (Å²) in [5.74, 6) is -1.72. The minimum atomic E-state index is -4.69. The number of halogens is 4. The monoisotopic (exact) mass is 404 g/mol. The number of nitrogens with two attached hydrogens (primary N) is 1. The number of hydrogen-bond donors (Lipinski definition) is 1. The normalized spacial score (nSPS) is 19.5. The largest absolute Gasteiger partial charge is 0.471 e. The molecule has 0 bridgehead atoms. The molecule has 1 aliphatic heterocycles. The Hall–Kier alpha value is -2.13. The molecular formula is C17H20ClF3N4O2. The third-order valence-corrected chi connectivity index (χ3v) is 4.66. The van der Waals surface area contributed by atoms with E-state index in [9.17, 15) is 18.0 Å². The standard InChI is InChI=1S/C17H19F3N4O2.ClH/c1-16(2)9-24(8-7-12(16)21)14(25)11-5-3-10(4-6-11)13-22-15(26-23-13)17(18,19)20;/h3-6,12H,7-9,21H2,1-2H3;1H. The smallest absolute Gasteiger partial charge is 0.338 e. The molecule has 1 saturated heterocycles. The highest BCUT2D eigenvalue weighted by molar-refractivity contribution is 5.94. The lowest BCUT2D eigenvalue weighted by Gasteiger charge is -2.42. The van der Waals surface area contributed by atoms with Gasteiger partial charge in [0.1, 0.15) is 0 Å². The van der Waals surface area contributed by atoms with E-state index in [1.165, 1.54) is 12.1 Å². The third kappa shape index (κ3) is 4.41. The molecule has 0 spiro atoms. The lowest BCUT2D eigenvalue weighted by Crippen LogP contribution is -2.53. The molecule has 2 heterocycles. The Labute approximate surface area is 160 Å². The molecule has 0 radical (unpaired) electrons. The van der Waals surface area contributed by atoms with Crippen LogP contribution in [0, 0.1) is 5.41 Å². The van der Waals surface area contributed by atoms with Crippen molar-refractivity contribution in [2.45, 2.75) is 32.5 Å². The lowest BCUT2D eigenvalue weighted by molar-refractivity contribution is -0.159. The SMILES string of the molecule is CC1(C)CN(C(=O)c2ccc(-c3noc(C(F)(F)F)n3)cc2)CCC1N.Cl. The van der Waals surface area contributed by atoms with Crippen molar-refractivity contribution in [1.29, 1.82) is 0 Å². The number of nitrogens with zero attached hydrogens (tertiary/aromatic N) is 3. The topological polar surface area (TPSA) is 85.2 Å². The fourth-order valence-electron chi connectivity index (χ4n) is 2.95. The molecule has 27 heavy (non-hydrogen) atoms. The quantitative estimate of drug-likeness (QED) is 0.829. The van der Waals surface area contributed by atoms with Crippen molar-refractivity contribution >= 4 is 18.3 Å². The molecule has 0 aliphatic carbocycles. The molecule has 2 N–H and O–H groups in total. The molecule has 10 heteroatoms. The van der Waals surface area contributed by atoms with E-state index in [4.69, 9.17) is 5.73 Å². The zero-order valence-corrected chi connectivity index (χ0v) is 15.6. The average Bonchev–Trinajstić information content (AvgIpc) is 3.07. The predicted octanol–water partition coefficient (Wildman–Crippen LogP) is 3.38. The van der Waals surface area contributed by atoms with Crippen LogP contribution in [0.15, 0.2) is 28.8 Å². The number of alkyl halides is 3. The number of benzene rings is 1. The molecule has 1 fully saturated rings. The van der Waals surface area contributed by atoms with Crippen molar-refractivity contribution in [3.05, 3.63) is 35.7 Å². The van der Waals surface area contributed by atoms with E-state index in [0.29, 0.717) is 24.2 Å². The average molecular weight is 405 g/mol. The van der Waals surface area contributed by atoms with Crippen LogP contribution in [0.3, 0.4) is 0 Å². The van der Waals surface area contributed by atoms with Gasteiger partial charge in [0, 0.05) is 30.3 Å². The second-order valence-corrected chi connectivity index (χ2v) is 7.11. The van der Waals surface area contributed by atoms with Gasteiger partial charge in [-0.15, -0.1) is 12.4 Å². The summed E-state index contributed by atoms with van der Waals surface area (Å²) in [7, 11) is 0. The van der Waals surface area contributed by atoms with Crippen molar-refractivity contribution in [3.63, 3.8) is 0 Å². The first-order valence-corrected chi connectivity index (χ1v) is 8.14. The van der Waals surface area contributed by atoms with Gasteiger partial charge in [0.25, 0.3) is 5.91 Å². The van der Waals surface area contributed by atoms with E-state index < -0.39 is 12.1 Å². The van der Waals surface area contributed by atoms with E-state index in [1.54, 1.807) is 17.0 Å². The van der Waals surface area contributed by atoms with Gasteiger partial charge >= 0.3 is 12.1 Å². The molecular weight excluding hydrogens is 385 g/mol. The van der Waals surface area contributed by atoms with Gasteiger partial charge in [-0.05, 0) is 24.0 Å². The van der Waals surface area contributed by atoms with Crippen molar-refractivity contribution in [1.82, 2.24) is 15.0 Å². The van der Waals surface area contributed by atoms with Gasteiger partial charge in [-0.3, -0.25) is 4.79 Å². The first-order valence-electron chi connectivity index (χ1n) is 8.14. The minimum Gasteiger partial charge on any atom is -0.338 e. The van der Waals surface area contributed by atoms with Gasteiger partial charge in [0.05, 0.1) is 0 Å². The van der Waals surface area contributed by atoms with Crippen LogP contribution >= 0.6 is 12.4 Å². The molecule has 3 rings (SSSR count). The zero-order chi connectivity index (χ0) is 19.1. The van der Waals surface area contributed by atoms with E-state index in [0.717, 1.165) is 6.42 Å². The Kier molecular flexibility index (Phi) is 5.86. The summed E-state index contributed by atoms with van der Waals surface area (Å²) in [5, 5.41) is 3.33. The van der Waals surface area contributed by atoms with E-state index in [1.807, 2.05) is 13.8 Å². The van der Waals surface area contributed by atoms with Crippen LogP contribution < -0.4 is 5.73 Å². The van der Waals surface area contributed by atoms with Crippen LogP contribution in [0.1, 0.15) is 36.5 Å². The van der Waals surface area contributed by atoms with Gasteiger partial charge in [-0.2, -0.15) is 18.2 Å². The molecule has 1 aliphatic rings. The van der Waals surface area contributed by atoms with Gasteiger partial charge in [-0.1, -0.05) is 31.1 Å². The molecule has 0 saturated carbocycles. The molecule has 1 amide bonds. The van der Waals surface area contributed by atoms with E-state index in [-0.39, 0.29) is 35.6 Å². The van der Waals surface area contributed by atoms with E-state index >= 15 is 0 Å². The number of likely N-dealkylation sites (tertiary alicyclic amines) is 1. The maximum absolute atomic E-state index is 12.7. The van der Waals surface area contributed by atoms with Gasteiger partial charge < -0.3 is 15.2 Å². The maximum Gasteiger partial charge on any atom is 0.471 e. The fourth-order valence-corrected chi connectivity index (χ4v) is 2.95. The first kappa shape index (κ1) is 21.2. The van der Waals surface area contributed by atoms with Crippen LogP contribution in [0.4, 0.5) is 13.2 Å². The van der Waals surface area contributed by atoms with Crippen molar-refractivity contribution in [2.75, 3.05) is 13.1 Å². The maximum atomic E-state index is 12.7. The Morgan fingerprint density at radius 1 is 1.30 bits per heavy atom. The molecule has 6 nitrogen and oxygen atoms in total. The van der Waals surface area contributed by atoms with Gasteiger partial charge in [0.15, 0.2) is 0 Å². The molecule has 1 aromatic heterocycles. The van der Waals surface area contributed by atoms with Crippen LogP contribution in [0.25, 0.3) is 11.4 Å². The van der Waals surface area contributed by atoms with Crippen LogP contribution in [-0.2, 0) is 6.18 Å². The fraction of sp³-hybridized carbons (Fsp3) is 0.471. The molecule has 148 valence electrons. The number of carbonyl (C=O) groups excluding carboxylic acids is 1. The highest BCUT2D eigenvalue weighted by atomic mass is 35.5. The highest BCUT2D eigenvalue weighted by Crippen LogP contribution is 2.30. The number of carbonyl (C=O) groups is 1. The van der Waals surface area contributed by atoms with Gasteiger partial charge in [-0.25, -0.2) is 0 Å². The Morgan fingerprint density at radius 2 is 1.93 bits per heavy atom. The van der Waals surface area contributed by atoms with Crippen molar-refractivity contribution < 1.29 is 22.5 Å². The first-order chi connectivity index (χ1) is 12.1.